The molecule has 0 saturated carbocycles. The van der Waals surface area contributed by atoms with Crippen LogP contribution in [0.25, 0.3) is 0 Å². The van der Waals surface area contributed by atoms with Gasteiger partial charge in [-0.25, -0.2) is 0 Å². The van der Waals surface area contributed by atoms with Crippen molar-refractivity contribution < 1.29 is 14.1 Å². The molecule has 0 N–H and O–H groups in total. The Morgan fingerprint density at radius 2 is 2.18 bits per heavy atom. The van der Waals surface area contributed by atoms with Crippen molar-refractivity contribution in [2.75, 3.05) is 32.8 Å². The number of aryl methyl sites for hydroxylation is 1. The maximum absolute atomic E-state index is 12.2. The number of carbonyl (C=O) groups excluding carboxylic acids is 1. The number of amides is 1. The van der Waals surface area contributed by atoms with E-state index in [4.69, 9.17) is 9.26 Å². The highest BCUT2D eigenvalue weighted by molar-refractivity contribution is 5.76. The first-order chi connectivity index (χ1) is 10.7. The number of hydrogen-bond donors (Lipinski definition) is 0. The van der Waals surface area contributed by atoms with Crippen LogP contribution in [0.5, 0.6) is 0 Å². The van der Waals surface area contributed by atoms with Crippen LogP contribution in [0.3, 0.4) is 0 Å². The topological polar surface area (TPSA) is 58.8 Å². The van der Waals surface area contributed by atoms with E-state index in [2.05, 4.69) is 10.1 Å². The second-order valence-electron chi connectivity index (χ2n) is 6.27. The summed E-state index contributed by atoms with van der Waals surface area (Å²) in [7, 11) is 0. The highest BCUT2D eigenvalue weighted by Gasteiger charge is 2.23. The van der Waals surface area contributed by atoms with Crippen LogP contribution in [-0.2, 0) is 16.1 Å². The largest absolute Gasteiger partial charge is 0.378 e. The molecule has 2 aliphatic rings. The normalized spacial score (nSPS) is 23.1. The molecular weight excluding hydrogens is 282 g/mol. The van der Waals surface area contributed by atoms with E-state index < -0.39 is 0 Å². The Balaban J connectivity index is 1.38. The summed E-state index contributed by atoms with van der Waals surface area (Å²) in [6, 6.07) is 1.97. The van der Waals surface area contributed by atoms with Gasteiger partial charge in [0.15, 0.2) is 5.76 Å². The molecule has 0 aromatic carbocycles. The lowest BCUT2D eigenvalue weighted by Crippen LogP contribution is -2.48. The van der Waals surface area contributed by atoms with E-state index in [1.807, 2.05) is 17.9 Å². The predicted octanol–water partition coefficient (Wildman–Crippen LogP) is 1.59. The molecule has 2 aliphatic heterocycles. The zero-order valence-electron chi connectivity index (χ0n) is 13.3. The van der Waals surface area contributed by atoms with Gasteiger partial charge in [0.25, 0.3) is 0 Å². The number of hydrogen-bond acceptors (Lipinski definition) is 5. The molecule has 2 fully saturated rings. The van der Waals surface area contributed by atoms with Crippen LogP contribution in [-0.4, -0.2) is 59.8 Å². The molecule has 0 radical (unpaired) electrons. The summed E-state index contributed by atoms with van der Waals surface area (Å²) in [5.41, 5.74) is 0.915. The zero-order chi connectivity index (χ0) is 15.4. The van der Waals surface area contributed by atoms with Gasteiger partial charge < -0.3 is 14.2 Å². The van der Waals surface area contributed by atoms with Gasteiger partial charge in [-0.3, -0.25) is 9.69 Å². The molecule has 0 unspecified atom stereocenters. The average molecular weight is 307 g/mol. The van der Waals surface area contributed by atoms with Gasteiger partial charge in [0, 0.05) is 45.3 Å². The van der Waals surface area contributed by atoms with Crippen LogP contribution in [0.1, 0.15) is 37.1 Å². The fraction of sp³-hybridized carbons (Fsp3) is 0.750. The van der Waals surface area contributed by atoms with Crippen molar-refractivity contribution in [1.29, 1.82) is 0 Å². The SMILES string of the molecule is Cc1cc(CN2CCN(C(=O)CC[C@H]3CCCO3)CC2)on1. The van der Waals surface area contributed by atoms with Gasteiger partial charge >= 0.3 is 0 Å². The summed E-state index contributed by atoms with van der Waals surface area (Å²) < 4.78 is 10.8. The first kappa shape index (κ1) is 15.5. The molecule has 6 heteroatoms. The average Bonchev–Trinajstić information content (AvgIpc) is 3.17. The van der Waals surface area contributed by atoms with E-state index in [-0.39, 0.29) is 5.91 Å². The smallest absolute Gasteiger partial charge is 0.222 e. The van der Waals surface area contributed by atoms with E-state index in [0.717, 1.165) is 70.0 Å². The zero-order valence-corrected chi connectivity index (χ0v) is 13.3. The number of carbonyl (C=O) groups is 1. The van der Waals surface area contributed by atoms with Crippen molar-refractivity contribution in [3.05, 3.63) is 17.5 Å². The molecule has 1 amide bonds. The molecule has 0 bridgehead atoms. The van der Waals surface area contributed by atoms with Gasteiger partial charge in [-0.05, 0) is 26.2 Å². The minimum Gasteiger partial charge on any atom is -0.378 e. The Kier molecular flexibility index (Phi) is 5.10. The Hall–Kier alpha value is -1.40. The Morgan fingerprint density at radius 1 is 1.36 bits per heavy atom. The molecule has 6 nitrogen and oxygen atoms in total. The van der Waals surface area contributed by atoms with E-state index >= 15 is 0 Å². The second-order valence-corrected chi connectivity index (χ2v) is 6.27. The molecule has 1 atom stereocenters. The van der Waals surface area contributed by atoms with Gasteiger partial charge in [0.1, 0.15) is 0 Å². The van der Waals surface area contributed by atoms with Crippen LogP contribution in [0.2, 0.25) is 0 Å². The van der Waals surface area contributed by atoms with Crippen LogP contribution in [0, 0.1) is 6.92 Å². The van der Waals surface area contributed by atoms with Gasteiger partial charge in [-0.2, -0.15) is 0 Å². The number of nitrogens with zero attached hydrogens (tertiary/aromatic N) is 3. The summed E-state index contributed by atoms with van der Waals surface area (Å²) in [5.74, 6) is 1.17. The van der Waals surface area contributed by atoms with Crippen molar-refractivity contribution in [1.82, 2.24) is 15.0 Å². The van der Waals surface area contributed by atoms with Gasteiger partial charge in [0.2, 0.25) is 5.91 Å². The third kappa shape index (κ3) is 4.08. The molecule has 122 valence electrons. The molecule has 1 aromatic rings. The van der Waals surface area contributed by atoms with E-state index in [1.165, 1.54) is 0 Å². The summed E-state index contributed by atoms with van der Waals surface area (Å²) in [4.78, 5) is 16.5. The van der Waals surface area contributed by atoms with Crippen molar-refractivity contribution in [2.45, 2.75) is 45.3 Å². The van der Waals surface area contributed by atoms with Crippen LogP contribution >= 0.6 is 0 Å². The number of rotatable bonds is 5. The minimum absolute atomic E-state index is 0.269. The van der Waals surface area contributed by atoms with Gasteiger partial charge in [0.05, 0.1) is 18.3 Å². The molecule has 3 heterocycles. The second kappa shape index (κ2) is 7.24. The van der Waals surface area contributed by atoms with Crippen molar-refractivity contribution in [2.24, 2.45) is 0 Å². The maximum atomic E-state index is 12.2. The van der Waals surface area contributed by atoms with Gasteiger partial charge in [-0.15, -0.1) is 0 Å². The standard InChI is InChI=1S/C16H25N3O3/c1-13-11-15(22-17-13)12-18-6-8-19(9-7-18)16(20)5-4-14-3-2-10-21-14/h11,14H,2-10,12H2,1H3/t14-/m1/s1. The molecule has 0 spiro atoms. The predicted molar refractivity (Wildman–Crippen MR) is 81.3 cm³/mol. The van der Waals surface area contributed by atoms with Crippen LogP contribution in [0.15, 0.2) is 10.6 Å². The van der Waals surface area contributed by atoms with E-state index in [0.29, 0.717) is 12.5 Å². The summed E-state index contributed by atoms with van der Waals surface area (Å²) in [6.45, 7) is 6.96. The highest BCUT2D eigenvalue weighted by Crippen LogP contribution is 2.18. The molecule has 3 rings (SSSR count). The molecular formula is C16H25N3O3. The molecule has 2 saturated heterocycles. The minimum atomic E-state index is 0.269. The number of aromatic nitrogens is 1. The first-order valence-electron chi connectivity index (χ1n) is 8.24. The van der Waals surface area contributed by atoms with Gasteiger partial charge in [-0.1, -0.05) is 5.16 Å². The third-order valence-corrected chi connectivity index (χ3v) is 4.49. The Bertz CT molecular complexity index is 489. The third-order valence-electron chi connectivity index (χ3n) is 4.49. The van der Waals surface area contributed by atoms with E-state index in [9.17, 15) is 4.79 Å². The van der Waals surface area contributed by atoms with E-state index in [1.54, 1.807) is 0 Å². The Labute approximate surface area is 131 Å². The summed E-state index contributed by atoms with van der Waals surface area (Å²) in [6.07, 6.45) is 4.04. The summed E-state index contributed by atoms with van der Waals surface area (Å²) in [5, 5.41) is 3.91. The molecule has 22 heavy (non-hydrogen) atoms. The lowest BCUT2D eigenvalue weighted by atomic mass is 10.1. The van der Waals surface area contributed by atoms with Crippen LogP contribution in [0.4, 0.5) is 0 Å². The Morgan fingerprint density at radius 3 is 2.82 bits per heavy atom. The number of piperazine rings is 1. The van der Waals surface area contributed by atoms with Crippen molar-refractivity contribution in [3.8, 4) is 0 Å². The van der Waals surface area contributed by atoms with Crippen LogP contribution < -0.4 is 0 Å². The lowest BCUT2D eigenvalue weighted by Gasteiger charge is -2.34. The fourth-order valence-electron chi connectivity index (χ4n) is 3.18. The maximum Gasteiger partial charge on any atom is 0.222 e. The lowest BCUT2D eigenvalue weighted by molar-refractivity contribution is -0.133. The monoisotopic (exact) mass is 307 g/mol. The fourth-order valence-corrected chi connectivity index (χ4v) is 3.18. The highest BCUT2D eigenvalue weighted by atomic mass is 16.5. The summed E-state index contributed by atoms with van der Waals surface area (Å²) >= 11 is 0. The quantitative estimate of drug-likeness (QED) is 0.827. The molecule has 0 aliphatic carbocycles. The van der Waals surface area contributed by atoms with Crippen molar-refractivity contribution in [3.63, 3.8) is 0 Å². The first-order valence-corrected chi connectivity index (χ1v) is 8.24. The number of ether oxygens (including phenoxy) is 1. The molecule has 1 aromatic heterocycles. The van der Waals surface area contributed by atoms with Crippen molar-refractivity contribution >= 4 is 5.91 Å².